The third kappa shape index (κ3) is 7.57. The fourth-order valence-corrected chi connectivity index (χ4v) is 5.73. The second-order valence-corrected chi connectivity index (χ2v) is 11.2. The number of esters is 1. The molecule has 5 rings (SSSR count). The van der Waals surface area contributed by atoms with Gasteiger partial charge in [-0.05, 0) is 59.9 Å². The summed E-state index contributed by atoms with van der Waals surface area (Å²) < 4.78 is 29.1. The third-order valence-electron chi connectivity index (χ3n) is 8.01. The van der Waals surface area contributed by atoms with Gasteiger partial charge in [0.2, 0.25) is 0 Å². The van der Waals surface area contributed by atoms with E-state index in [4.69, 9.17) is 23.7 Å². The van der Waals surface area contributed by atoms with E-state index in [1.165, 1.54) is 25.0 Å². The number of rotatable bonds is 10. The average Bonchev–Trinajstić information content (AvgIpc) is 3.03. The van der Waals surface area contributed by atoms with Crippen molar-refractivity contribution in [1.29, 1.82) is 0 Å². The number of amides is 1. The number of aliphatic hydroxyl groups is 1. The van der Waals surface area contributed by atoms with Crippen LogP contribution in [0.3, 0.4) is 0 Å². The number of benzene rings is 3. The third-order valence-corrected chi connectivity index (χ3v) is 8.01. The van der Waals surface area contributed by atoms with Gasteiger partial charge in [-0.1, -0.05) is 36.4 Å². The van der Waals surface area contributed by atoms with Gasteiger partial charge in [0.25, 0.3) is 5.91 Å². The van der Waals surface area contributed by atoms with Crippen molar-refractivity contribution in [2.45, 2.75) is 64.4 Å². The van der Waals surface area contributed by atoms with Gasteiger partial charge in [-0.25, -0.2) is 0 Å². The van der Waals surface area contributed by atoms with Crippen LogP contribution in [0.5, 0.6) is 11.5 Å². The van der Waals surface area contributed by atoms with Crippen LogP contribution in [0.4, 0.5) is 5.69 Å². The topological polar surface area (TPSA) is 116 Å². The van der Waals surface area contributed by atoms with Crippen LogP contribution in [-0.2, 0) is 43.4 Å². The molecule has 1 amide bonds. The van der Waals surface area contributed by atoms with Crippen LogP contribution >= 0.6 is 0 Å². The van der Waals surface area contributed by atoms with Crippen molar-refractivity contribution in [2.75, 3.05) is 32.6 Å². The first-order chi connectivity index (χ1) is 21.3. The number of aliphatic hydroxyl groups excluding tert-OH is 1. The molecule has 4 atom stereocenters. The van der Waals surface area contributed by atoms with E-state index in [1.807, 2.05) is 42.5 Å². The molecule has 4 unspecified atom stereocenters. The molecule has 0 bridgehead atoms. The molecule has 1 saturated heterocycles. The number of fused-ring (bicyclic) bond motifs is 1. The molecular formula is C34H40N2O8. The average molecular weight is 605 g/mol. The van der Waals surface area contributed by atoms with E-state index in [1.54, 1.807) is 20.3 Å². The maximum Gasteiger partial charge on any atom is 0.303 e. The molecule has 2 heterocycles. The molecule has 0 saturated carbocycles. The largest absolute Gasteiger partial charge is 0.493 e. The van der Waals surface area contributed by atoms with Crippen molar-refractivity contribution >= 4 is 17.6 Å². The van der Waals surface area contributed by atoms with Crippen molar-refractivity contribution in [3.63, 3.8) is 0 Å². The standard InChI is InChI=1S/C34H40N2O8/c1-21(42-22(2)38)33(39)35-28-7-5-6-26(14-28)34-43-29(17-30(44-34)24-10-8-23(20-37)9-11-24)19-36-13-12-25-15-31(40-3)32(41-4)16-27(25)18-36/h5-11,14-16,21,29-30,34,37H,12-13,17-20H2,1-4H3,(H,35,39). The Morgan fingerprint density at radius 1 is 1.00 bits per heavy atom. The van der Waals surface area contributed by atoms with E-state index >= 15 is 0 Å². The summed E-state index contributed by atoms with van der Waals surface area (Å²) in [5.41, 5.74) is 5.60. The summed E-state index contributed by atoms with van der Waals surface area (Å²) in [6.07, 6.45) is -0.441. The number of ether oxygens (including phenoxy) is 5. The van der Waals surface area contributed by atoms with Crippen LogP contribution in [-0.4, -0.2) is 61.4 Å². The molecule has 44 heavy (non-hydrogen) atoms. The molecular weight excluding hydrogens is 564 g/mol. The fourth-order valence-electron chi connectivity index (χ4n) is 5.73. The highest BCUT2D eigenvalue weighted by atomic mass is 16.7. The Bertz CT molecular complexity index is 1460. The van der Waals surface area contributed by atoms with Gasteiger partial charge >= 0.3 is 5.97 Å². The van der Waals surface area contributed by atoms with Gasteiger partial charge < -0.3 is 34.1 Å². The molecule has 3 aromatic rings. The molecule has 2 aliphatic rings. The van der Waals surface area contributed by atoms with Gasteiger partial charge in [-0.3, -0.25) is 14.5 Å². The van der Waals surface area contributed by atoms with Crippen molar-refractivity contribution in [3.8, 4) is 11.5 Å². The number of carbonyl (C=O) groups is 2. The predicted molar refractivity (Wildman–Crippen MR) is 163 cm³/mol. The van der Waals surface area contributed by atoms with Gasteiger partial charge in [0.15, 0.2) is 23.9 Å². The van der Waals surface area contributed by atoms with Gasteiger partial charge in [0.05, 0.1) is 33.0 Å². The van der Waals surface area contributed by atoms with Crippen LogP contribution < -0.4 is 14.8 Å². The Hall–Kier alpha value is -3.96. The number of nitrogens with one attached hydrogen (secondary N) is 1. The molecule has 2 aliphatic heterocycles. The second kappa shape index (κ2) is 14.2. The molecule has 0 spiro atoms. The number of hydrogen-bond acceptors (Lipinski definition) is 9. The van der Waals surface area contributed by atoms with E-state index in [2.05, 4.69) is 22.3 Å². The van der Waals surface area contributed by atoms with Crippen LogP contribution in [0.2, 0.25) is 0 Å². The van der Waals surface area contributed by atoms with Gasteiger partial charge in [0.1, 0.15) is 0 Å². The Kier molecular flexibility index (Phi) is 10.2. The summed E-state index contributed by atoms with van der Waals surface area (Å²) in [6, 6.07) is 19.2. The number of methoxy groups -OCH3 is 2. The molecule has 3 aromatic carbocycles. The quantitative estimate of drug-likeness (QED) is 0.318. The Morgan fingerprint density at radius 3 is 2.41 bits per heavy atom. The summed E-state index contributed by atoms with van der Waals surface area (Å²) in [6.45, 7) is 5.11. The Balaban J connectivity index is 1.35. The number of anilines is 1. The van der Waals surface area contributed by atoms with Crippen molar-refractivity contribution < 1.29 is 38.4 Å². The van der Waals surface area contributed by atoms with Crippen LogP contribution in [0.15, 0.2) is 60.7 Å². The SMILES string of the molecule is COc1cc2c(cc1OC)CN(CC1CC(c3ccc(CO)cc3)OC(c3cccc(NC(=O)C(C)OC(C)=O)c3)O1)CC2. The summed E-state index contributed by atoms with van der Waals surface area (Å²) in [5.74, 6) is 0.508. The molecule has 10 nitrogen and oxygen atoms in total. The molecule has 0 aromatic heterocycles. The Morgan fingerprint density at radius 2 is 1.73 bits per heavy atom. The maximum absolute atomic E-state index is 12.6. The second-order valence-electron chi connectivity index (χ2n) is 11.2. The lowest BCUT2D eigenvalue weighted by molar-refractivity contribution is -0.253. The van der Waals surface area contributed by atoms with Gasteiger partial charge in [-0.2, -0.15) is 0 Å². The first-order valence-corrected chi connectivity index (χ1v) is 14.8. The van der Waals surface area contributed by atoms with Crippen LogP contribution in [0, 0.1) is 0 Å². The van der Waals surface area contributed by atoms with Crippen molar-refractivity contribution in [3.05, 3.63) is 88.5 Å². The molecule has 234 valence electrons. The summed E-state index contributed by atoms with van der Waals surface area (Å²) in [5, 5.41) is 12.3. The highest BCUT2D eigenvalue weighted by Crippen LogP contribution is 2.39. The lowest BCUT2D eigenvalue weighted by Crippen LogP contribution is -2.41. The number of carbonyl (C=O) groups excluding carboxylic acids is 2. The summed E-state index contributed by atoms with van der Waals surface area (Å²) >= 11 is 0. The van der Waals surface area contributed by atoms with E-state index < -0.39 is 24.3 Å². The van der Waals surface area contributed by atoms with E-state index in [0.717, 1.165) is 47.7 Å². The van der Waals surface area contributed by atoms with Crippen LogP contribution in [0.1, 0.15) is 60.5 Å². The zero-order chi connectivity index (χ0) is 31.2. The number of nitrogens with zero attached hydrogens (tertiary/aromatic N) is 1. The molecule has 2 N–H and O–H groups in total. The zero-order valence-corrected chi connectivity index (χ0v) is 25.6. The lowest BCUT2D eigenvalue weighted by Gasteiger charge is -2.39. The zero-order valence-electron chi connectivity index (χ0n) is 25.6. The molecule has 10 heteroatoms. The fraction of sp³-hybridized carbons (Fsp3) is 0.412. The van der Waals surface area contributed by atoms with E-state index in [-0.39, 0.29) is 18.8 Å². The molecule has 1 fully saturated rings. The highest BCUT2D eigenvalue weighted by Gasteiger charge is 2.34. The first kappa shape index (κ1) is 31.5. The first-order valence-electron chi connectivity index (χ1n) is 14.8. The van der Waals surface area contributed by atoms with E-state index in [9.17, 15) is 14.7 Å². The van der Waals surface area contributed by atoms with Crippen LogP contribution in [0.25, 0.3) is 0 Å². The van der Waals surface area contributed by atoms with Gasteiger partial charge in [0, 0.05) is 44.2 Å². The minimum atomic E-state index is -0.926. The maximum atomic E-state index is 12.6. The molecule has 0 radical (unpaired) electrons. The van der Waals surface area contributed by atoms with Crippen molar-refractivity contribution in [2.24, 2.45) is 0 Å². The number of hydrogen-bond donors (Lipinski definition) is 2. The monoisotopic (exact) mass is 604 g/mol. The highest BCUT2D eigenvalue weighted by molar-refractivity contribution is 5.95. The Labute approximate surface area is 257 Å². The minimum absolute atomic E-state index is 0.0259. The summed E-state index contributed by atoms with van der Waals surface area (Å²) in [4.78, 5) is 26.2. The minimum Gasteiger partial charge on any atom is -0.493 e. The lowest BCUT2D eigenvalue weighted by atomic mass is 9.97. The summed E-state index contributed by atoms with van der Waals surface area (Å²) in [7, 11) is 3.30. The normalized spacial score (nSPS) is 20.7. The molecule has 0 aliphatic carbocycles. The van der Waals surface area contributed by atoms with Crippen molar-refractivity contribution in [1.82, 2.24) is 4.90 Å². The predicted octanol–water partition coefficient (Wildman–Crippen LogP) is 4.69. The van der Waals surface area contributed by atoms with Gasteiger partial charge in [-0.15, -0.1) is 0 Å². The van der Waals surface area contributed by atoms with E-state index in [0.29, 0.717) is 18.7 Å². The smallest absolute Gasteiger partial charge is 0.303 e.